The second-order valence-corrected chi connectivity index (χ2v) is 8.06. The molecule has 0 nitrogen and oxygen atoms in total. The minimum atomic E-state index is -0.177. The molecular formula is C14H22Si2. The average Bonchev–Trinajstić information content (AvgIpc) is 2.24. The summed E-state index contributed by atoms with van der Waals surface area (Å²) < 4.78 is 0. The van der Waals surface area contributed by atoms with Gasteiger partial charge >= 0.3 is 0 Å². The molecule has 0 atom stereocenters. The minimum absolute atomic E-state index is 0.177. The van der Waals surface area contributed by atoms with Crippen molar-refractivity contribution in [2.45, 2.75) is 27.7 Å². The summed E-state index contributed by atoms with van der Waals surface area (Å²) in [7, 11) is -0.354. The molecule has 2 heteroatoms. The first kappa shape index (κ1) is 13.2. The summed E-state index contributed by atoms with van der Waals surface area (Å²) in [4.78, 5) is 0. The maximum absolute atomic E-state index is 2.43. The summed E-state index contributed by atoms with van der Waals surface area (Å²) in [5.74, 6) is 0. The van der Waals surface area contributed by atoms with Crippen molar-refractivity contribution >= 4 is 29.4 Å². The van der Waals surface area contributed by atoms with Crippen molar-refractivity contribution in [1.29, 1.82) is 0 Å². The molecule has 0 radical (unpaired) electrons. The van der Waals surface area contributed by atoms with Crippen LogP contribution in [0.2, 0.25) is 0 Å². The fourth-order valence-corrected chi connectivity index (χ4v) is 4.41. The van der Waals surface area contributed by atoms with Gasteiger partial charge in [-0.05, 0) is 27.7 Å². The first-order valence-corrected chi connectivity index (χ1v) is 8.97. The highest BCUT2D eigenvalue weighted by Crippen LogP contribution is 1.89. The highest BCUT2D eigenvalue weighted by atomic mass is 28.2. The molecule has 0 aliphatic heterocycles. The topological polar surface area (TPSA) is 0 Å². The normalized spacial score (nSPS) is 11.2. The summed E-state index contributed by atoms with van der Waals surface area (Å²) >= 11 is 0. The van der Waals surface area contributed by atoms with Gasteiger partial charge in [-0.3, -0.25) is 0 Å². The number of allylic oxidation sites excluding steroid dienone is 2. The van der Waals surface area contributed by atoms with E-state index in [9.17, 15) is 0 Å². The number of hydrogen-bond donors (Lipinski definition) is 0. The Kier molecular flexibility index (Phi) is 5.49. The van der Waals surface area contributed by atoms with E-state index in [-0.39, 0.29) is 19.0 Å². The average molecular weight is 247 g/mol. The molecule has 0 heterocycles. The number of hydrogen-bond acceptors (Lipinski definition) is 0. The lowest BCUT2D eigenvalue weighted by Gasteiger charge is -2.01. The molecule has 0 saturated heterocycles. The van der Waals surface area contributed by atoms with Gasteiger partial charge < -0.3 is 0 Å². The quantitative estimate of drug-likeness (QED) is 0.699. The van der Waals surface area contributed by atoms with Crippen LogP contribution in [-0.2, 0) is 0 Å². The third-order valence-corrected chi connectivity index (χ3v) is 6.35. The van der Waals surface area contributed by atoms with E-state index in [1.807, 2.05) is 0 Å². The zero-order valence-electron chi connectivity index (χ0n) is 10.9. The van der Waals surface area contributed by atoms with Crippen LogP contribution in [0, 0.1) is 0 Å². The van der Waals surface area contributed by atoms with Gasteiger partial charge in [0, 0.05) is 0 Å². The number of rotatable bonds is 4. The molecule has 1 aromatic rings. The second kappa shape index (κ2) is 6.66. The lowest BCUT2D eigenvalue weighted by molar-refractivity contribution is 1.41. The molecule has 1 rings (SSSR count). The molecule has 0 spiro atoms. The Morgan fingerprint density at radius 1 is 0.875 bits per heavy atom. The van der Waals surface area contributed by atoms with Crippen LogP contribution < -0.4 is 10.4 Å². The van der Waals surface area contributed by atoms with Gasteiger partial charge in [-0.1, -0.05) is 57.2 Å². The maximum Gasteiger partial charge on any atom is 0.0782 e. The summed E-state index contributed by atoms with van der Waals surface area (Å²) in [6.07, 6.45) is 0. The molecule has 0 aliphatic rings. The molecule has 0 N–H and O–H groups in total. The molecule has 0 bridgehead atoms. The maximum atomic E-state index is 2.43. The van der Waals surface area contributed by atoms with E-state index < -0.39 is 0 Å². The van der Waals surface area contributed by atoms with Crippen molar-refractivity contribution in [3.05, 3.63) is 46.8 Å². The van der Waals surface area contributed by atoms with Gasteiger partial charge in [-0.15, -0.1) is 0 Å². The van der Waals surface area contributed by atoms with Crippen molar-refractivity contribution in [2.75, 3.05) is 0 Å². The van der Waals surface area contributed by atoms with Crippen molar-refractivity contribution in [3.8, 4) is 0 Å². The Hall–Kier alpha value is -0.866. The number of benzene rings is 1. The Labute approximate surface area is 104 Å². The molecule has 86 valence electrons. The molecule has 0 aliphatic carbocycles. The monoisotopic (exact) mass is 246 g/mol. The van der Waals surface area contributed by atoms with E-state index in [0.29, 0.717) is 0 Å². The van der Waals surface area contributed by atoms with Gasteiger partial charge in [0.25, 0.3) is 0 Å². The van der Waals surface area contributed by atoms with Gasteiger partial charge in [0.05, 0.1) is 19.0 Å². The largest absolute Gasteiger partial charge is 0.0975 e. The zero-order valence-corrected chi connectivity index (χ0v) is 13.7. The lowest BCUT2D eigenvalue weighted by atomic mass is 10.4. The lowest BCUT2D eigenvalue weighted by Crippen LogP contribution is -2.22. The first-order valence-electron chi connectivity index (χ1n) is 5.92. The van der Waals surface area contributed by atoms with E-state index in [2.05, 4.69) is 63.4 Å². The van der Waals surface area contributed by atoms with Crippen molar-refractivity contribution in [3.63, 3.8) is 0 Å². The Bertz CT molecular complexity index is 360. The van der Waals surface area contributed by atoms with Crippen LogP contribution in [0.25, 0.3) is 0 Å². The molecule has 0 saturated carbocycles. The van der Waals surface area contributed by atoms with Gasteiger partial charge in [-0.2, -0.15) is 0 Å². The highest BCUT2D eigenvalue weighted by molar-refractivity contribution is 6.62. The smallest absolute Gasteiger partial charge is 0.0782 e. The molecule has 0 unspecified atom stereocenters. The third-order valence-electron chi connectivity index (χ3n) is 2.48. The summed E-state index contributed by atoms with van der Waals surface area (Å²) in [5.41, 5.74) is 7.78. The Morgan fingerprint density at radius 2 is 1.31 bits per heavy atom. The molecule has 0 amide bonds. The highest BCUT2D eigenvalue weighted by Gasteiger charge is 1.94. The fraction of sp³-hybridized carbons (Fsp3) is 0.286. The van der Waals surface area contributed by atoms with Crippen LogP contribution in [0.4, 0.5) is 0 Å². The zero-order chi connectivity index (χ0) is 12.0. The molecule has 16 heavy (non-hydrogen) atoms. The Morgan fingerprint density at radius 3 is 1.69 bits per heavy atom. The first-order chi connectivity index (χ1) is 7.58. The predicted molar refractivity (Wildman–Crippen MR) is 81.7 cm³/mol. The SMILES string of the molecule is CC(C)=C[SiH2]c1cccc([SiH2]C=C(C)C)c1. The van der Waals surface area contributed by atoms with Crippen LogP contribution in [-0.4, -0.2) is 19.0 Å². The third kappa shape index (κ3) is 5.28. The molecular weight excluding hydrogens is 224 g/mol. The van der Waals surface area contributed by atoms with E-state index >= 15 is 0 Å². The van der Waals surface area contributed by atoms with Crippen LogP contribution in [0.3, 0.4) is 0 Å². The van der Waals surface area contributed by atoms with Crippen LogP contribution in [0.15, 0.2) is 46.8 Å². The van der Waals surface area contributed by atoms with Crippen molar-refractivity contribution in [1.82, 2.24) is 0 Å². The summed E-state index contributed by atoms with van der Waals surface area (Å²) in [6.45, 7) is 8.76. The van der Waals surface area contributed by atoms with Gasteiger partial charge in [-0.25, -0.2) is 0 Å². The van der Waals surface area contributed by atoms with E-state index in [4.69, 9.17) is 0 Å². The molecule has 0 aromatic heterocycles. The van der Waals surface area contributed by atoms with Crippen molar-refractivity contribution in [2.24, 2.45) is 0 Å². The van der Waals surface area contributed by atoms with Crippen LogP contribution >= 0.6 is 0 Å². The minimum Gasteiger partial charge on any atom is -0.0975 e. The van der Waals surface area contributed by atoms with E-state index in [1.165, 1.54) is 11.1 Å². The second-order valence-electron chi connectivity index (χ2n) is 4.79. The predicted octanol–water partition coefficient (Wildman–Crippen LogP) is 1.12. The Balaban J connectivity index is 2.71. The van der Waals surface area contributed by atoms with E-state index in [0.717, 1.165) is 0 Å². The summed E-state index contributed by atoms with van der Waals surface area (Å²) in [5, 5.41) is 3.15. The standard InChI is InChI=1S/C14H22Si2/c1-11(2)9-15-13-6-5-7-14(8-13)16-10-12(3)4/h5-10H,15-16H2,1-4H3. The van der Waals surface area contributed by atoms with Gasteiger partial charge in [0.2, 0.25) is 0 Å². The fourth-order valence-electron chi connectivity index (χ4n) is 1.53. The van der Waals surface area contributed by atoms with Gasteiger partial charge in [0.1, 0.15) is 0 Å². The van der Waals surface area contributed by atoms with Crippen LogP contribution in [0.5, 0.6) is 0 Å². The summed E-state index contributed by atoms with van der Waals surface area (Å²) in [6, 6.07) is 9.22. The van der Waals surface area contributed by atoms with E-state index in [1.54, 1.807) is 10.4 Å². The van der Waals surface area contributed by atoms with Crippen LogP contribution in [0.1, 0.15) is 27.7 Å². The van der Waals surface area contributed by atoms with Crippen molar-refractivity contribution < 1.29 is 0 Å². The molecule has 1 aromatic carbocycles. The van der Waals surface area contributed by atoms with Gasteiger partial charge in [0.15, 0.2) is 0 Å². The molecule has 0 fully saturated rings.